The lowest BCUT2D eigenvalue weighted by Crippen LogP contribution is -2.49. The van der Waals surface area contributed by atoms with Gasteiger partial charge in [-0.05, 0) is 29.7 Å². The SMILES string of the molecule is COC(=O)N1CCc2c(cncc2C(=O)N2CCN(c3ccccc3)CC2)C1. The average molecular weight is 380 g/mol. The van der Waals surface area contributed by atoms with Gasteiger partial charge in [-0.1, -0.05) is 18.2 Å². The van der Waals surface area contributed by atoms with Crippen LogP contribution in [0.25, 0.3) is 0 Å². The molecule has 1 fully saturated rings. The highest BCUT2D eigenvalue weighted by atomic mass is 16.5. The number of hydrogen-bond donors (Lipinski definition) is 0. The summed E-state index contributed by atoms with van der Waals surface area (Å²) >= 11 is 0. The molecule has 0 atom stereocenters. The predicted octanol–water partition coefficient (Wildman–Crippen LogP) is 2.17. The maximum Gasteiger partial charge on any atom is 0.409 e. The van der Waals surface area contributed by atoms with Crippen molar-refractivity contribution in [2.75, 3.05) is 44.7 Å². The van der Waals surface area contributed by atoms with Crippen LogP contribution in [0.4, 0.5) is 10.5 Å². The lowest BCUT2D eigenvalue weighted by Gasteiger charge is -2.37. The van der Waals surface area contributed by atoms with E-state index in [2.05, 4.69) is 22.0 Å². The largest absolute Gasteiger partial charge is 0.453 e. The second kappa shape index (κ2) is 7.88. The number of carbonyl (C=O) groups is 2. The molecule has 0 radical (unpaired) electrons. The van der Waals surface area contributed by atoms with Gasteiger partial charge in [-0.25, -0.2) is 4.79 Å². The number of methoxy groups -OCH3 is 1. The Kier molecular flexibility index (Phi) is 5.14. The van der Waals surface area contributed by atoms with Crippen LogP contribution < -0.4 is 4.90 Å². The first-order chi connectivity index (χ1) is 13.7. The van der Waals surface area contributed by atoms with Crippen LogP contribution in [0, 0.1) is 0 Å². The number of ether oxygens (including phenoxy) is 1. The van der Waals surface area contributed by atoms with Crippen molar-refractivity contribution in [1.82, 2.24) is 14.8 Å². The quantitative estimate of drug-likeness (QED) is 0.799. The van der Waals surface area contributed by atoms with Gasteiger partial charge in [0, 0.05) is 50.8 Å². The summed E-state index contributed by atoms with van der Waals surface area (Å²) in [7, 11) is 1.38. The minimum atomic E-state index is -0.348. The standard InChI is InChI=1S/C21H24N4O3/c1-28-21(27)25-8-7-18-16(15-25)13-22-14-19(18)20(26)24-11-9-23(10-12-24)17-5-3-2-4-6-17/h2-6,13-14H,7-12,15H2,1H3. The number of carbonyl (C=O) groups excluding carboxylic acids is 2. The minimum Gasteiger partial charge on any atom is -0.453 e. The van der Waals surface area contributed by atoms with Crippen LogP contribution in [0.3, 0.4) is 0 Å². The Hall–Kier alpha value is -3.09. The number of benzene rings is 1. The van der Waals surface area contributed by atoms with Crippen molar-refractivity contribution in [3.05, 3.63) is 59.4 Å². The van der Waals surface area contributed by atoms with E-state index in [1.807, 2.05) is 23.1 Å². The Labute approximate surface area is 164 Å². The summed E-state index contributed by atoms with van der Waals surface area (Å²) in [6.07, 6.45) is 3.70. The molecule has 2 aromatic rings. The third kappa shape index (κ3) is 3.52. The Bertz CT molecular complexity index is 863. The summed E-state index contributed by atoms with van der Waals surface area (Å²) in [5.74, 6) is 0.0311. The van der Waals surface area contributed by atoms with Gasteiger partial charge in [0.25, 0.3) is 5.91 Å². The fourth-order valence-corrected chi connectivity index (χ4v) is 3.94. The molecule has 2 aliphatic heterocycles. The smallest absolute Gasteiger partial charge is 0.409 e. The Morgan fingerprint density at radius 2 is 1.71 bits per heavy atom. The van der Waals surface area contributed by atoms with Gasteiger partial charge in [-0.2, -0.15) is 0 Å². The lowest BCUT2D eigenvalue weighted by atomic mass is 9.96. The number of nitrogens with zero attached hydrogens (tertiary/aromatic N) is 4. The molecule has 2 aliphatic rings. The van der Waals surface area contributed by atoms with Gasteiger partial charge in [-0.3, -0.25) is 9.78 Å². The lowest BCUT2D eigenvalue weighted by molar-refractivity contribution is 0.0744. The second-order valence-corrected chi connectivity index (χ2v) is 7.08. The summed E-state index contributed by atoms with van der Waals surface area (Å²) in [6.45, 7) is 3.98. The summed E-state index contributed by atoms with van der Waals surface area (Å²) in [5.41, 5.74) is 3.78. The Morgan fingerprint density at radius 1 is 0.964 bits per heavy atom. The monoisotopic (exact) mass is 380 g/mol. The number of rotatable bonds is 2. The molecule has 7 heteroatoms. The van der Waals surface area contributed by atoms with Crippen molar-refractivity contribution >= 4 is 17.7 Å². The number of anilines is 1. The topological polar surface area (TPSA) is 66.0 Å². The fourth-order valence-electron chi connectivity index (χ4n) is 3.94. The van der Waals surface area contributed by atoms with E-state index < -0.39 is 0 Å². The number of pyridine rings is 1. The van der Waals surface area contributed by atoms with Gasteiger partial charge in [0.15, 0.2) is 0 Å². The van der Waals surface area contributed by atoms with Crippen molar-refractivity contribution in [1.29, 1.82) is 0 Å². The maximum atomic E-state index is 13.1. The number of hydrogen-bond acceptors (Lipinski definition) is 5. The molecule has 0 N–H and O–H groups in total. The predicted molar refractivity (Wildman–Crippen MR) is 105 cm³/mol. The molecule has 0 unspecified atom stereocenters. The van der Waals surface area contributed by atoms with Crippen LogP contribution in [0.15, 0.2) is 42.7 Å². The highest BCUT2D eigenvalue weighted by Gasteiger charge is 2.28. The van der Waals surface area contributed by atoms with Crippen molar-refractivity contribution in [2.24, 2.45) is 0 Å². The normalized spacial score (nSPS) is 16.5. The summed E-state index contributed by atoms with van der Waals surface area (Å²) in [5, 5.41) is 0. The van der Waals surface area contributed by atoms with E-state index >= 15 is 0 Å². The number of para-hydroxylation sites is 1. The van der Waals surface area contributed by atoms with Crippen LogP contribution >= 0.6 is 0 Å². The molecule has 0 bridgehead atoms. The maximum absolute atomic E-state index is 13.1. The second-order valence-electron chi connectivity index (χ2n) is 7.08. The molecule has 2 amide bonds. The molecule has 7 nitrogen and oxygen atoms in total. The molecular weight excluding hydrogens is 356 g/mol. The minimum absolute atomic E-state index is 0.0311. The zero-order valence-electron chi connectivity index (χ0n) is 16.0. The van der Waals surface area contributed by atoms with E-state index in [1.165, 1.54) is 12.8 Å². The number of amides is 2. The fraction of sp³-hybridized carbons (Fsp3) is 0.381. The average Bonchev–Trinajstić information content (AvgIpc) is 2.78. The van der Waals surface area contributed by atoms with Crippen molar-refractivity contribution < 1.29 is 14.3 Å². The van der Waals surface area contributed by atoms with E-state index in [4.69, 9.17) is 4.74 Å². The molecule has 1 aromatic carbocycles. The van der Waals surface area contributed by atoms with Crippen molar-refractivity contribution in [3.63, 3.8) is 0 Å². The van der Waals surface area contributed by atoms with Gasteiger partial charge >= 0.3 is 6.09 Å². The Morgan fingerprint density at radius 3 is 2.43 bits per heavy atom. The van der Waals surface area contributed by atoms with Crippen LogP contribution in [0.5, 0.6) is 0 Å². The van der Waals surface area contributed by atoms with Crippen molar-refractivity contribution in [2.45, 2.75) is 13.0 Å². The zero-order chi connectivity index (χ0) is 19.5. The van der Waals surface area contributed by atoms with Crippen LogP contribution in [0.1, 0.15) is 21.5 Å². The number of fused-ring (bicyclic) bond motifs is 1. The van der Waals surface area contributed by atoms with E-state index in [1.54, 1.807) is 17.3 Å². The van der Waals surface area contributed by atoms with E-state index in [9.17, 15) is 9.59 Å². The van der Waals surface area contributed by atoms with Gasteiger partial charge in [0.05, 0.1) is 19.2 Å². The first-order valence-electron chi connectivity index (χ1n) is 9.55. The third-order valence-corrected chi connectivity index (χ3v) is 5.49. The number of piperazine rings is 1. The first-order valence-corrected chi connectivity index (χ1v) is 9.55. The van der Waals surface area contributed by atoms with Crippen LogP contribution in [-0.4, -0.2) is 66.6 Å². The van der Waals surface area contributed by atoms with Gasteiger partial charge < -0.3 is 19.4 Å². The Balaban J connectivity index is 1.46. The van der Waals surface area contributed by atoms with E-state index in [0.717, 1.165) is 24.2 Å². The van der Waals surface area contributed by atoms with Crippen LogP contribution in [-0.2, 0) is 17.7 Å². The number of aromatic nitrogens is 1. The summed E-state index contributed by atoms with van der Waals surface area (Å²) in [4.78, 5) is 35.0. The molecule has 0 spiro atoms. The molecule has 0 aliphatic carbocycles. The third-order valence-electron chi connectivity index (χ3n) is 5.49. The molecule has 1 aromatic heterocycles. The van der Waals surface area contributed by atoms with E-state index in [0.29, 0.717) is 38.2 Å². The zero-order valence-corrected chi connectivity index (χ0v) is 16.0. The molecule has 3 heterocycles. The molecule has 0 saturated carbocycles. The molecule has 28 heavy (non-hydrogen) atoms. The van der Waals surface area contributed by atoms with Crippen LogP contribution in [0.2, 0.25) is 0 Å². The highest BCUT2D eigenvalue weighted by Crippen LogP contribution is 2.24. The molecule has 146 valence electrons. The molecular formula is C21H24N4O3. The summed E-state index contributed by atoms with van der Waals surface area (Å²) < 4.78 is 4.81. The first kappa shape index (κ1) is 18.3. The summed E-state index contributed by atoms with van der Waals surface area (Å²) in [6, 6.07) is 10.3. The van der Waals surface area contributed by atoms with Crippen molar-refractivity contribution in [3.8, 4) is 0 Å². The highest BCUT2D eigenvalue weighted by molar-refractivity contribution is 5.96. The van der Waals surface area contributed by atoms with E-state index in [-0.39, 0.29) is 12.0 Å². The van der Waals surface area contributed by atoms with Gasteiger partial charge in [0.2, 0.25) is 0 Å². The van der Waals surface area contributed by atoms with Gasteiger partial charge in [-0.15, -0.1) is 0 Å². The molecule has 1 saturated heterocycles. The molecule has 4 rings (SSSR count). The van der Waals surface area contributed by atoms with Gasteiger partial charge in [0.1, 0.15) is 0 Å².